The van der Waals surface area contributed by atoms with Crippen LogP contribution in [-0.4, -0.2) is 44.3 Å². The van der Waals surface area contributed by atoms with Gasteiger partial charge in [0.05, 0.1) is 11.9 Å². The van der Waals surface area contributed by atoms with Crippen molar-refractivity contribution in [3.05, 3.63) is 35.0 Å². The maximum absolute atomic E-state index is 5.22. The van der Waals surface area contributed by atoms with Crippen molar-refractivity contribution >= 4 is 5.82 Å². The van der Waals surface area contributed by atoms with Gasteiger partial charge in [-0.2, -0.15) is 5.10 Å². The van der Waals surface area contributed by atoms with Crippen molar-refractivity contribution in [2.45, 2.75) is 77.2 Å². The van der Waals surface area contributed by atoms with Crippen LogP contribution in [0.25, 0.3) is 0 Å². The van der Waals surface area contributed by atoms with E-state index in [1.165, 1.54) is 36.1 Å². The summed E-state index contributed by atoms with van der Waals surface area (Å²) in [5.41, 5.74) is 4.11. The topological polar surface area (TPSA) is 58.9 Å². The Bertz CT molecular complexity index is 865. The number of hydrogen-bond donors (Lipinski definition) is 1. The van der Waals surface area contributed by atoms with Crippen LogP contribution in [-0.2, 0) is 30.8 Å². The fourth-order valence-corrected chi connectivity index (χ4v) is 4.94. The summed E-state index contributed by atoms with van der Waals surface area (Å²) >= 11 is 0. The third kappa shape index (κ3) is 4.04. The van der Waals surface area contributed by atoms with Crippen LogP contribution in [0.5, 0.6) is 0 Å². The molecule has 6 nitrogen and oxygen atoms in total. The zero-order chi connectivity index (χ0) is 20.6. The summed E-state index contributed by atoms with van der Waals surface area (Å²) in [5, 5.41) is 7.95. The molecule has 4 rings (SSSR count). The summed E-state index contributed by atoms with van der Waals surface area (Å²) in [7, 11) is 1.99. The lowest BCUT2D eigenvalue weighted by Crippen LogP contribution is -2.45. The average Bonchev–Trinajstić information content (AvgIpc) is 3.23. The van der Waals surface area contributed by atoms with Crippen molar-refractivity contribution in [1.29, 1.82) is 0 Å². The fourth-order valence-electron chi connectivity index (χ4n) is 4.94. The third-order valence-corrected chi connectivity index (χ3v) is 6.40. The lowest BCUT2D eigenvalue weighted by molar-refractivity contribution is 0.136. The number of fused-ring (bicyclic) bond motifs is 2. The van der Waals surface area contributed by atoms with Gasteiger partial charge in [-0.1, -0.05) is 27.7 Å². The van der Waals surface area contributed by atoms with Crippen molar-refractivity contribution in [2.24, 2.45) is 7.05 Å². The normalized spacial score (nSPS) is 22.2. The summed E-state index contributed by atoms with van der Waals surface area (Å²) in [6.45, 7) is 13.0. The van der Waals surface area contributed by atoms with Crippen LogP contribution in [0.2, 0.25) is 0 Å². The van der Waals surface area contributed by atoms with E-state index in [0.29, 0.717) is 0 Å². The van der Waals surface area contributed by atoms with Crippen molar-refractivity contribution in [2.75, 3.05) is 25.0 Å². The lowest BCUT2D eigenvalue weighted by atomic mass is 9.77. The van der Waals surface area contributed by atoms with Crippen molar-refractivity contribution in [3.8, 4) is 0 Å². The molecule has 0 amide bonds. The van der Waals surface area contributed by atoms with E-state index in [1.807, 2.05) is 17.9 Å². The van der Waals surface area contributed by atoms with Gasteiger partial charge in [-0.3, -0.25) is 9.58 Å². The molecule has 1 aliphatic heterocycles. The molecule has 1 atom stereocenters. The van der Waals surface area contributed by atoms with E-state index in [-0.39, 0.29) is 10.8 Å². The molecule has 0 aromatic carbocycles. The monoisotopic (exact) mass is 396 g/mol. The van der Waals surface area contributed by atoms with Gasteiger partial charge in [-0.15, -0.1) is 0 Å². The molecule has 2 aliphatic rings. The SMILES string of the molecule is CCCNc1nc(C(C)(C)C)nc2c1CCC21CCCN(Cc2cnn(C)c2)C1. The number of anilines is 1. The number of rotatable bonds is 5. The number of nitrogens with zero attached hydrogens (tertiary/aromatic N) is 5. The molecule has 0 radical (unpaired) electrons. The molecule has 1 unspecified atom stereocenters. The molecule has 1 fully saturated rings. The maximum Gasteiger partial charge on any atom is 0.136 e. The average molecular weight is 397 g/mol. The highest BCUT2D eigenvalue weighted by Gasteiger charge is 2.45. The van der Waals surface area contributed by atoms with Crippen molar-refractivity contribution in [3.63, 3.8) is 0 Å². The molecular weight excluding hydrogens is 360 g/mol. The van der Waals surface area contributed by atoms with E-state index in [1.54, 1.807) is 0 Å². The first kappa shape index (κ1) is 20.3. The van der Waals surface area contributed by atoms with Crippen LogP contribution in [0.15, 0.2) is 12.4 Å². The quantitative estimate of drug-likeness (QED) is 0.833. The van der Waals surface area contributed by atoms with Crippen molar-refractivity contribution < 1.29 is 0 Å². The summed E-state index contributed by atoms with van der Waals surface area (Å²) in [6, 6.07) is 0. The van der Waals surface area contributed by atoms with E-state index < -0.39 is 0 Å². The largest absolute Gasteiger partial charge is 0.370 e. The molecule has 1 aliphatic carbocycles. The number of hydrogen-bond acceptors (Lipinski definition) is 5. The van der Waals surface area contributed by atoms with Gasteiger partial charge in [-0.25, -0.2) is 9.97 Å². The Labute approximate surface area is 175 Å². The van der Waals surface area contributed by atoms with Gasteiger partial charge in [0, 0.05) is 54.8 Å². The number of nitrogens with one attached hydrogen (secondary N) is 1. The Morgan fingerprint density at radius 3 is 2.72 bits per heavy atom. The minimum absolute atomic E-state index is 0.0501. The summed E-state index contributed by atoms with van der Waals surface area (Å²) in [4.78, 5) is 12.8. The number of piperidine rings is 1. The van der Waals surface area contributed by atoms with Crippen LogP contribution in [0.3, 0.4) is 0 Å². The van der Waals surface area contributed by atoms with Gasteiger partial charge >= 0.3 is 0 Å². The second-order valence-corrected chi connectivity index (χ2v) is 10.0. The second kappa shape index (κ2) is 7.71. The van der Waals surface area contributed by atoms with Gasteiger partial charge in [0.25, 0.3) is 0 Å². The predicted molar refractivity (Wildman–Crippen MR) is 117 cm³/mol. The minimum atomic E-state index is -0.0501. The molecule has 6 heteroatoms. The van der Waals surface area contributed by atoms with E-state index in [4.69, 9.17) is 9.97 Å². The van der Waals surface area contributed by atoms with Gasteiger partial charge < -0.3 is 5.32 Å². The standard InChI is InChI=1S/C23H36N6/c1-6-11-24-20-18-8-10-23(19(18)26-21(27-20)22(2,3)4)9-7-12-29(16-23)15-17-13-25-28(5)14-17/h13-14H,6-12,15-16H2,1-5H3,(H,24,26,27). The molecule has 2 aromatic rings. The maximum atomic E-state index is 5.22. The van der Waals surface area contributed by atoms with E-state index >= 15 is 0 Å². The number of aryl methyl sites for hydroxylation is 1. The Morgan fingerprint density at radius 2 is 2.03 bits per heavy atom. The van der Waals surface area contributed by atoms with Crippen LogP contribution >= 0.6 is 0 Å². The van der Waals surface area contributed by atoms with Crippen LogP contribution in [0.1, 0.15) is 76.0 Å². The highest BCUT2D eigenvalue weighted by atomic mass is 15.2. The first-order valence-electron chi connectivity index (χ1n) is 11.2. The van der Waals surface area contributed by atoms with Crippen molar-refractivity contribution in [1.82, 2.24) is 24.6 Å². The van der Waals surface area contributed by atoms with Gasteiger partial charge in [-0.05, 0) is 38.6 Å². The predicted octanol–water partition coefficient (Wildman–Crippen LogP) is 3.81. The zero-order valence-electron chi connectivity index (χ0n) is 18.8. The summed E-state index contributed by atoms with van der Waals surface area (Å²) < 4.78 is 1.90. The molecular formula is C23H36N6. The zero-order valence-corrected chi connectivity index (χ0v) is 18.8. The van der Waals surface area contributed by atoms with E-state index in [9.17, 15) is 0 Å². The first-order chi connectivity index (χ1) is 13.8. The fraction of sp³-hybridized carbons (Fsp3) is 0.696. The number of aromatic nitrogens is 4. The minimum Gasteiger partial charge on any atom is -0.370 e. The molecule has 1 spiro atoms. The Hall–Kier alpha value is -1.95. The Balaban J connectivity index is 1.66. The lowest BCUT2D eigenvalue weighted by Gasteiger charge is -2.40. The molecule has 1 N–H and O–H groups in total. The van der Waals surface area contributed by atoms with Gasteiger partial charge in [0.1, 0.15) is 11.6 Å². The van der Waals surface area contributed by atoms with Crippen LogP contribution in [0.4, 0.5) is 5.82 Å². The van der Waals surface area contributed by atoms with E-state index in [2.05, 4.69) is 49.2 Å². The summed E-state index contributed by atoms with van der Waals surface area (Å²) in [6.07, 6.45) is 9.98. The summed E-state index contributed by atoms with van der Waals surface area (Å²) in [5.74, 6) is 2.06. The van der Waals surface area contributed by atoms with Gasteiger partial charge in [0.15, 0.2) is 0 Å². The molecule has 0 saturated carbocycles. The van der Waals surface area contributed by atoms with E-state index in [0.717, 1.165) is 50.7 Å². The second-order valence-electron chi connectivity index (χ2n) is 10.0. The highest BCUT2D eigenvalue weighted by Crippen LogP contribution is 2.46. The smallest absolute Gasteiger partial charge is 0.136 e. The Morgan fingerprint density at radius 1 is 1.21 bits per heavy atom. The molecule has 0 bridgehead atoms. The van der Waals surface area contributed by atoms with Crippen LogP contribution in [0, 0.1) is 0 Å². The molecule has 2 aromatic heterocycles. The molecule has 29 heavy (non-hydrogen) atoms. The highest BCUT2D eigenvalue weighted by molar-refractivity contribution is 5.52. The number of likely N-dealkylation sites (tertiary alicyclic amines) is 1. The van der Waals surface area contributed by atoms with Gasteiger partial charge in [0.2, 0.25) is 0 Å². The Kier molecular flexibility index (Phi) is 5.40. The molecule has 158 valence electrons. The van der Waals surface area contributed by atoms with Crippen LogP contribution < -0.4 is 5.32 Å². The first-order valence-corrected chi connectivity index (χ1v) is 11.2. The third-order valence-electron chi connectivity index (χ3n) is 6.40. The molecule has 3 heterocycles. The molecule has 1 saturated heterocycles.